The quantitative estimate of drug-likeness (QED) is 0.110. The standard InChI is InChI=1S/C13H12F3NO5.C7H4ClNO4.C5H8O/c14-13(15,16)12(7-1-2-8-12)22-11(18)21-10-5-3-9(4-6-10)17(19)20;8-7(10)13-6-3-1-5(2-4-6)9(11)12;6-5-3-1-2-4-5/h3-6H,1-2,7-8H2;1-4H;1-4H2. The predicted octanol–water partition coefficient (Wildman–Crippen LogP) is 7.45. The first-order valence-electron chi connectivity index (χ1n) is 12.1. The molecule has 0 unspecified atom stereocenters. The van der Waals surface area contributed by atoms with Crippen molar-refractivity contribution in [1.82, 2.24) is 0 Å². The lowest BCUT2D eigenvalue weighted by Crippen LogP contribution is -2.47. The van der Waals surface area contributed by atoms with Gasteiger partial charge >= 0.3 is 17.8 Å². The molecular weight excluding hydrogens is 581 g/mol. The van der Waals surface area contributed by atoms with Gasteiger partial charge in [0.2, 0.25) is 5.60 Å². The summed E-state index contributed by atoms with van der Waals surface area (Å²) < 4.78 is 52.8. The van der Waals surface area contributed by atoms with Crippen molar-refractivity contribution in [2.45, 2.75) is 63.1 Å². The number of non-ortho nitro benzene ring substituents is 2. The van der Waals surface area contributed by atoms with Crippen LogP contribution < -0.4 is 9.47 Å². The second-order valence-corrected chi connectivity index (χ2v) is 9.05. The minimum atomic E-state index is -4.67. The Morgan fingerprint density at radius 1 is 0.780 bits per heavy atom. The topological polar surface area (TPSA) is 165 Å². The summed E-state index contributed by atoms with van der Waals surface area (Å²) in [7, 11) is 0. The molecule has 0 radical (unpaired) electrons. The van der Waals surface area contributed by atoms with Crippen molar-refractivity contribution in [1.29, 1.82) is 0 Å². The molecule has 41 heavy (non-hydrogen) atoms. The molecule has 0 amide bonds. The first-order chi connectivity index (χ1) is 19.2. The van der Waals surface area contributed by atoms with Crippen molar-refractivity contribution < 1.29 is 51.6 Å². The highest BCUT2D eigenvalue weighted by Gasteiger charge is 2.59. The molecule has 0 saturated heterocycles. The molecule has 2 saturated carbocycles. The predicted molar refractivity (Wildman–Crippen MR) is 136 cm³/mol. The van der Waals surface area contributed by atoms with Gasteiger partial charge in [-0.15, -0.1) is 0 Å². The van der Waals surface area contributed by atoms with E-state index in [9.17, 15) is 47.8 Å². The zero-order chi connectivity index (χ0) is 30.6. The summed E-state index contributed by atoms with van der Waals surface area (Å²) in [6, 6.07) is 9.36. The Balaban J connectivity index is 0.000000258. The zero-order valence-electron chi connectivity index (χ0n) is 21.3. The third-order valence-corrected chi connectivity index (χ3v) is 5.94. The van der Waals surface area contributed by atoms with Crippen LogP contribution in [0.15, 0.2) is 48.5 Å². The van der Waals surface area contributed by atoms with Crippen LogP contribution in [0.4, 0.5) is 34.1 Å². The average Bonchev–Trinajstić information content (AvgIpc) is 3.57. The number of nitrogens with zero attached hydrogens (tertiary/aromatic N) is 2. The van der Waals surface area contributed by atoms with E-state index in [2.05, 4.69) is 14.2 Å². The number of nitro benzene ring substituents is 2. The largest absolute Gasteiger partial charge is 0.514 e. The maximum atomic E-state index is 13.0. The number of hydrogen-bond acceptors (Lipinski definition) is 10. The molecule has 0 bridgehead atoms. The minimum absolute atomic E-state index is 0.0747. The van der Waals surface area contributed by atoms with Gasteiger partial charge in [0.05, 0.1) is 9.85 Å². The third-order valence-electron chi connectivity index (χ3n) is 5.86. The molecule has 0 N–H and O–H groups in total. The fraction of sp³-hybridized carbons (Fsp3) is 0.400. The summed E-state index contributed by atoms with van der Waals surface area (Å²) in [6.45, 7) is 0. The number of ketones is 1. The van der Waals surface area contributed by atoms with Gasteiger partial charge in [-0.05, 0) is 62.8 Å². The van der Waals surface area contributed by atoms with Crippen LogP contribution in [0.5, 0.6) is 11.5 Å². The van der Waals surface area contributed by atoms with Gasteiger partial charge in [-0.1, -0.05) is 0 Å². The molecule has 2 aromatic rings. The number of alkyl halides is 3. The molecule has 16 heteroatoms. The van der Waals surface area contributed by atoms with Gasteiger partial charge in [0.25, 0.3) is 11.4 Å². The number of carbonyl (C=O) groups is 3. The van der Waals surface area contributed by atoms with E-state index < -0.39 is 33.2 Å². The summed E-state index contributed by atoms with van der Waals surface area (Å²) in [5, 5.41) is 20.7. The smallest absolute Gasteiger partial charge is 0.418 e. The maximum absolute atomic E-state index is 13.0. The average molecular weight is 605 g/mol. The first kappa shape index (κ1) is 32.9. The van der Waals surface area contributed by atoms with E-state index in [0.29, 0.717) is 18.6 Å². The van der Waals surface area contributed by atoms with Gasteiger partial charge < -0.3 is 14.2 Å². The molecule has 12 nitrogen and oxygen atoms in total. The molecule has 0 aliphatic heterocycles. The van der Waals surface area contributed by atoms with Crippen LogP contribution in [0.3, 0.4) is 0 Å². The van der Waals surface area contributed by atoms with E-state index in [-0.39, 0.29) is 35.7 Å². The van der Waals surface area contributed by atoms with E-state index in [0.717, 1.165) is 49.9 Å². The Hall–Kier alpha value is -4.27. The Bertz CT molecular complexity index is 1220. The van der Waals surface area contributed by atoms with Gasteiger partial charge in [0, 0.05) is 48.7 Å². The van der Waals surface area contributed by atoms with Crippen molar-refractivity contribution in [3.05, 3.63) is 68.8 Å². The normalized spacial score (nSPS) is 15.4. The Kier molecular flexibility index (Phi) is 12.0. The zero-order valence-corrected chi connectivity index (χ0v) is 22.0. The summed E-state index contributed by atoms with van der Waals surface area (Å²) >= 11 is 4.92. The van der Waals surface area contributed by atoms with Gasteiger partial charge in [-0.25, -0.2) is 9.59 Å². The van der Waals surface area contributed by atoms with Crippen LogP contribution in [-0.4, -0.2) is 39.0 Å². The second kappa shape index (κ2) is 14.9. The minimum Gasteiger partial charge on any atom is -0.418 e. The highest BCUT2D eigenvalue weighted by Crippen LogP contribution is 2.46. The molecule has 2 aliphatic carbocycles. The van der Waals surface area contributed by atoms with E-state index in [1.807, 2.05) is 0 Å². The number of rotatable bonds is 5. The maximum Gasteiger partial charge on any atom is 0.514 e. The van der Waals surface area contributed by atoms with E-state index in [4.69, 9.17) is 11.6 Å². The van der Waals surface area contributed by atoms with Crippen LogP contribution in [-0.2, 0) is 9.53 Å². The van der Waals surface area contributed by atoms with Crippen LogP contribution >= 0.6 is 11.6 Å². The first-order valence-corrected chi connectivity index (χ1v) is 12.5. The molecule has 4 rings (SSSR count). The van der Waals surface area contributed by atoms with Gasteiger partial charge in [0.1, 0.15) is 17.3 Å². The number of halogens is 4. The Labute approximate surface area is 235 Å². The SMILES string of the molecule is O=C(Cl)Oc1ccc([N+](=O)[O-])cc1.O=C(Oc1ccc([N+](=O)[O-])cc1)OC1(C(F)(F)F)CCCC1.O=C1CCCC1. The lowest BCUT2D eigenvalue weighted by atomic mass is 10.0. The van der Waals surface area contributed by atoms with Gasteiger partial charge in [0.15, 0.2) is 0 Å². The van der Waals surface area contributed by atoms with Crippen LogP contribution in [0.2, 0.25) is 0 Å². The summed E-state index contributed by atoms with van der Waals surface area (Å²) in [4.78, 5) is 51.5. The third kappa shape index (κ3) is 10.7. The molecule has 2 aliphatic rings. The highest BCUT2D eigenvalue weighted by atomic mass is 35.5. The fourth-order valence-corrected chi connectivity index (χ4v) is 3.89. The molecule has 0 aromatic heterocycles. The second-order valence-electron chi connectivity index (χ2n) is 8.74. The number of Topliss-reactive ketones (excluding diaryl/α,β-unsaturated/α-hetero) is 1. The highest BCUT2D eigenvalue weighted by molar-refractivity contribution is 6.61. The number of carbonyl (C=O) groups excluding carboxylic acids is 3. The monoisotopic (exact) mass is 604 g/mol. The Morgan fingerprint density at radius 3 is 1.51 bits per heavy atom. The molecule has 0 atom stereocenters. The lowest BCUT2D eigenvalue weighted by molar-refractivity contribution is -0.385. The lowest BCUT2D eigenvalue weighted by Gasteiger charge is -2.30. The molecule has 2 aromatic carbocycles. The van der Waals surface area contributed by atoms with Crippen LogP contribution in [0.25, 0.3) is 0 Å². The molecular formula is C25H24ClF3N2O10. The van der Waals surface area contributed by atoms with E-state index >= 15 is 0 Å². The van der Waals surface area contributed by atoms with Gasteiger partial charge in [-0.2, -0.15) is 13.2 Å². The van der Waals surface area contributed by atoms with Crippen LogP contribution in [0, 0.1) is 20.2 Å². The van der Waals surface area contributed by atoms with Gasteiger partial charge in [-0.3, -0.25) is 25.0 Å². The number of nitro groups is 2. The van der Waals surface area contributed by atoms with E-state index in [1.54, 1.807) is 0 Å². The summed E-state index contributed by atoms with van der Waals surface area (Å²) in [5.74, 6) is 0.492. The van der Waals surface area contributed by atoms with E-state index in [1.165, 1.54) is 24.3 Å². The number of ether oxygens (including phenoxy) is 3. The van der Waals surface area contributed by atoms with Crippen molar-refractivity contribution >= 4 is 40.3 Å². The van der Waals surface area contributed by atoms with Crippen molar-refractivity contribution in [3.63, 3.8) is 0 Å². The van der Waals surface area contributed by atoms with Crippen LogP contribution in [0.1, 0.15) is 51.4 Å². The molecule has 0 heterocycles. The number of benzene rings is 2. The number of hydrogen-bond donors (Lipinski definition) is 0. The van der Waals surface area contributed by atoms with Crippen molar-refractivity contribution in [3.8, 4) is 11.5 Å². The summed E-state index contributed by atoms with van der Waals surface area (Å²) in [5.41, 5.74) is -3.79. The fourth-order valence-electron chi connectivity index (χ4n) is 3.80. The van der Waals surface area contributed by atoms with Crippen molar-refractivity contribution in [2.75, 3.05) is 0 Å². The molecule has 0 spiro atoms. The van der Waals surface area contributed by atoms with Crippen molar-refractivity contribution in [2.24, 2.45) is 0 Å². The Morgan fingerprint density at radius 2 is 1.20 bits per heavy atom. The molecule has 222 valence electrons. The molecule has 2 fully saturated rings. The summed E-state index contributed by atoms with van der Waals surface area (Å²) in [6.07, 6.45) is -2.16.